The number of rotatable bonds is 5. The number of carbonyl (C=O) groups excluding carboxylic acids is 1. The van der Waals surface area contributed by atoms with Crippen LogP contribution in [-0.2, 0) is 6.54 Å². The third kappa shape index (κ3) is 4.20. The zero-order valence-electron chi connectivity index (χ0n) is 12.1. The molecule has 6 heteroatoms. The molecule has 2 N–H and O–H groups in total. The number of amides is 1. The summed E-state index contributed by atoms with van der Waals surface area (Å²) in [6, 6.07) is 14.9. The molecule has 2 aromatic heterocycles. The lowest BCUT2D eigenvalue weighted by atomic mass is 10.2. The molecule has 1 aromatic carbocycles. The number of pyridine rings is 1. The monoisotopic (exact) mass is 371 g/mol. The average molecular weight is 372 g/mol. The van der Waals surface area contributed by atoms with Gasteiger partial charge < -0.3 is 15.1 Å². The van der Waals surface area contributed by atoms with Gasteiger partial charge in [-0.1, -0.05) is 15.9 Å². The van der Waals surface area contributed by atoms with Crippen LogP contribution >= 0.6 is 15.9 Å². The van der Waals surface area contributed by atoms with Gasteiger partial charge in [-0.2, -0.15) is 0 Å². The van der Waals surface area contributed by atoms with Crippen molar-refractivity contribution in [3.63, 3.8) is 0 Å². The molecule has 3 aromatic rings. The van der Waals surface area contributed by atoms with Crippen LogP contribution in [0.15, 0.2) is 69.9 Å². The number of hydrogen-bond donors (Lipinski definition) is 2. The smallest absolute Gasteiger partial charge is 0.253 e. The van der Waals surface area contributed by atoms with Crippen LogP contribution in [0.4, 0.5) is 11.5 Å². The van der Waals surface area contributed by atoms with Crippen molar-refractivity contribution >= 4 is 33.3 Å². The predicted molar refractivity (Wildman–Crippen MR) is 91.5 cm³/mol. The summed E-state index contributed by atoms with van der Waals surface area (Å²) in [4.78, 5) is 16.3. The maximum Gasteiger partial charge on any atom is 0.253 e. The molecule has 3 rings (SSSR count). The molecule has 23 heavy (non-hydrogen) atoms. The minimum atomic E-state index is -0.191. The Morgan fingerprint density at radius 1 is 1.13 bits per heavy atom. The summed E-state index contributed by atoms with van der Waals surface area (Å²) < 4.78 is 6.18. The van der Waals surface area contributed by atoms with Crippen molar-refractivity contribution in [3.05, 3.63) is 76.8 Å². The van der Waals surface area contributed by atoms with Crippen LogP contribution in [0.1, 0.15) is 16.1 Å². The quantitative estimate of drug-likeness (QED) is 0.707. The molecular weight excluding hydrogens is 358 g/mol. The van der Waals surface area contributed by atoms with E-state index in [4.69, 9.17) is 4.42 Å². The lowest BCUT2D eigenvalue weighted by Gasteiger charge is -2.07. The van der Waals surface area contributed by atoms with E-state index in [1.807, 2.05) is 30.3 Å². The number of aromatic nitrogens is 1. The Balaban J connectivity index is 1.59. The molecule has 0 radical (unpaired) electrons. The van der Waals surface area contributed by atoms with Gasteiger partial charge in [-0.15, -0.1) is 0 Å². The van der Waals surface area contributed by atoms with Crippen molar-refractivity contribution < 1.29 is 9.21 Å². The summed E-state index contributed by atoms with van der Waals surface area (Å²) in [7, 11) is 0. The van der Waals surface area contributed by atoms with Gasteiger partial charge in [0.25, 0.3) is 5.91 Å². The Kier molecular flexibility index (Phi) is 4.73. The van der Waals surface area contributed by atoms with Gasteiger partial charge in [0.1, 0.15) is 11.6 Å². The molecule has 5 nitrogen and oxygen atoms in total. The van der Waals surface area contributed by atoms with Gasteiger partial charge in [0.15, 0.2) is 0 Å². The van der Waals surface area contributed by atoms with Crippen molar-refractivity contribution in [1.29, 1.82) is 0 Å². The Bertz CT molecular complexity index is 769. The highest BCUT2D eigenvalue weighted by atomic mass is 79.9. The largest absolute Gasteiger partial charge is 0.467 e. The molecule has 0 spiro atoms. The van der Waals surface area contributed by atoms with Crippen LogP contribution in [-0.4, -0.2) is 10.9 Å². The highest BCUT2D eigenvalue weighted by Gasteiger charge is 2.07. The van der Waals surface area contributed by atoms with Crippen LogP contribution in [0.2, 0.25) is 0 Å². The lowest BCUT2D eigenvalue weighted by Crippen LogP contribution is -2.22. The molecule has 0 unspecified atom stereocenters. The van der Waals surface area contributed by atoms with Gasteiger partial charge >= 0.3 is 0 Å². The van der Waals surface area contributed by atoms with E-state index < -0.39 is 0 Å². The van der Waals surface area contributed by atoms with Gasteiger partial charge in [-0.25, -0.2) is 4.98 Å². The molecule has 2 heterocycles. The molecule has 0 fully saturated rings. The summed E-state index contributed by atoms with van der Waals surface area (Å²) in [6.07, 6.45) is 3.12. The third-order valence-electron chi connectivity index (χ3n) is 3.15. The Morgan fingerprint density at radius 3 is 2.61 bits per heavy atom. The first kappa shape index (κ1) is 15.3. The standard InChI is InChI=1S/C17H14BrN3O2/c18-13-4-6-14(7-5-13)21-16-8-3-12(10-19-16)17(22)20-11-15-2-1-9-23-15/h1-10H,11H2,(H,19,21)(H,20,22). The molecule has 0 bridgehead atoms. The second-order valence-corrected chi connectivity index (χ2v) is 5.74. The SMILES string of the molecule is O=C(NCc1ccco1)c1ccc(Nc2ccc(Br)cc2)nc1. The molecule has 0 saturated carbocycles. The van der Waals surface area contributed by atoms with E-state index in [2.05, 4.69) is 31.5 Å². The van der Waals surface area contributed by atoms with E-state index in [0.29, 0.717) is 23.7 Å². The van der Waals surface area contributed by atoms with E-state index in [0.717, 1.165) is 10.2 Å². The van der Waals surface area contributed by atoms with E-state index in [-0.39, 0.29) is 5.91 Å². The van der Waals surface area contributed by atoms with Crippen molar-refractivity contribution in [2.24, 2.45) is 0 Å². The number of halogens is 1. The van der Waals surface area contributed by atoms with Gasteiger partial charge in [-0.05, 0) is 48.5 Å². The molecular formula is C17H14BrN3O2. The number of benzene rings is 1. The van der Waals surface area contributed by atoms with Gasteiger partial charge in [-0.3, -0.25) is 4.79 Å². The Labute approximate surface area is 141 Å². The van der Waals surface area contributed by atoms with Gasteiger partial charge in [0, 0.05) is 16.4 Å². The fraction of sp³-hybridized carbons (Fsp3) is 0.0588. The fourth-order valence-electron chi connectivity index (χ4n) is 1.97. The topological polar surface area (TPSA) is 67.2 Å². The minimum absolute atomic E-state index is 0.191. The first-order valence-electron chi connectivity index (χ1n) is 7.00. The Hall–Kier alpha value is -2.60. The number of nitrogens with one attached hydrogen (secondary N) is 2. The molecule has 0 aliphatic carbocycles. The van der Waals surface area contributed by atoms with Crippen molar-refractivity contribution in [1.82, 2.24) is 10.3 Å². The van der Waals surface area contributed by atoms with Gasteiger partial charge in [0.05, 0.1) is 18.4 Å². The van der Waals surface area contributed by atoms with Crippen LogP contribution < -0.4 is 10.6 Å². The third-order valence-corrected chi connectivity index (χ3v) is 3.67. The van der Waals surface area contributed by atoms with Crippen LogP contribution in [0, 0.1) is 0 Å². The van der Waals surface area contributed by atoms with Gasteiger partial charge in [0.2, 0.25) is 0 Å². The molecule has 0 saturated heterocycles. The van der Waals surface area contributed by atoms with E-state index in [9.17, 15) is 4.79 Å². The van der Waals surface area contributed by atoms with E-state index >= 15 is 0 Å². The molecule has 0 atom stereocenters. The second kappa shape index (κ2) is 7.11. The molecule has 116 valence electrons. The molecule has 1 amide bonds. The van der Waals surface area contributed by atoms with Crippen molar-refractivity contribution in [3.8, 4) is 0 Å². The maximum absolute atomic E-state index is 12.0. The summed E-state index contributed by atoms with van der Waals surface area (Å²) in [6.45, 7) is 0.352. The Morgan fingerprint density at radius 2 is 1.96 bits per heavy atom. The number of nitrogens with zero attached hydrogens (tertiary/aromatic N) is 1. The van der Waals surface area contributed by atoms with Crippen LogP contribution in [0.25, 0.3) is 0 Å². The summed E-state index contributed by atoms with van der Waals surface area (Å²) in [5, 5.41) is 5.95. The van der Waals surface area contributed by atoms with Crippen molar-refractivity contribution in [2.45, 2.75) is 6.54 Å². The van der Waals surface area contributed by atoms with Crippen molar-refractivity contribution in [2.75, 3.05) is 5.32 Å². The van der Waals surface area contributed by atoms with E-state index in [1.54, 1.807) is 30.7 Å². The second-order valence-electron chi connectivity index (χ2n) is 4.83. The zero-order chi connectivity index (χ0) is 16.1. The number of furan rings is 1. The number of carbonyl (C=O) groups is 1. The highest BCUT2D eigenvalue weighted by molar-refractivity contribution is 9.10. The van der Waals surface area contributed by atoms with E-state index in [1.165, 1.54) is 0 Å². The maximum atomic E-state index is 12.0. The van der Waals surface area contributed by atoms with Crippen LogP contribution in [0.3, 0.4) is 0 Å². The number of anilines is 2. The first-order chi connectivity index (χ1) is 11.2. The normalized spacial score (nSPS) is 10.3. The summed E-state index contributed by atoms with van der Waals surface area (Å²) in [5.41, 5.74) is 1.42. The highest BCUT2D eigenvalue weighted by Crippen LogP contribution is 2.18. The first-order valence-corrected chi connectivity index (χ1v) is 7.79. The minimum Gasteiger partial charge on any atom is -0.467 e. The summed E-state index contributed by atoms with van der Waals surface area (Å²) in [5.74, 6) is 1.19. The zero-order valence-corrected chi connectivity index (χ0v) is 13.7. The molecule has 0 aliphatic rings. The number of hydrogen-bond acceptors (Lipinski definition) is 4. The summed E-state index contributed by atoms with van der Waals surface area (Å²) >= 11 is 3.39. The fourth-order valence-corrected chi connectivity index (χ4v) is 2.23. The average Bonchev–Trinajstić information content (AvgIpc) is 3.09. The lowest BCUT2D eigenvalue weighted by molar-refractivity contribution is 0.0947. The molecule has 0 aliphatic heterocycles. The van der Waals surface area contributed by atoms with Crippen LogP contribution in [0.5, 0.6) is 0 Å². The predicted octanol–water partition coefficient (Wildman–Crippen LogP) is 4.11.